The summed E-state index contributed by atoms with van der Waals surface area (Å²) in [6.45, 7) is 11.3. The normalized spacial score (nSPS) is 11.4. The van der Waals surface area contributed by atoms with Crippen LogP contribution in [0.25, 0.3) is 11.3 Å². The predicted molar refractivity (Wildman–Crippen MR) is 102 cm³/mol. The van der Waals surface area contributed by atoms with Crippen LogP contribution in [0.5, 0.6) is 5.75 Å². The van der Waals surface area contributed by atoms with Crippen molar-refractivity contribution in [1.82, 2.24) is 9.88 Å². The largest absolute Gasteiger partial charge is 0.491 e. The number of rotatable bonds is 9. The van der Waals surface area contributed by atoms with Gasteiger partial charge in [-0.3, -0.25) is 9.69 Å². The van der Waals surface area contributed by atoms with Crippen molar-refractivity contribution in [1.29, 1.82) is 0 Å². The van der Waals surface area contributed by atoms with Crippen LogP contribution in [-0.4, -0.2) is 29.1 Å². The number of hydrogen-bond donors (Lipinski definition) is 1. The van der Waals surface area contributed by atoms with E-state index in [1.54, 1.807) is 0 Å². The summed E-state index contributed by atoms with van der Waals surface area (Å²) < 4.78 is 5.69. The Morgan fingerprint density at radius 3 is 2.29 bits per heavy atom. The van der Waals surface area contributed by atoms with Crippen molar-refractivity contribution >= 4 is 11.3 Å². The van der Waals surface area contributed by atoms with Crippen molar-refractivity contribution in [3.05, 3.63) is 38.8 Å². The Labute approximate surface area is 148 Å². The molecule has 2 rings (SSSR count). The maximum Gasteiger partial charge on any atom is 0.305 e. The molecule has 0 radical (unpaired) electrons. The zero-order valence-electron chi connectivity index (χ0n) is 15.1. The fourth-order valence-electron chi connectivity index (χ4n) is 2.78. The van der Waals surface area contributed by atoms with E-state index in [4.69, 9.17) is 4.74 Å². The lowest BCUT2D eigenvalue weighted by Gasteiger charge is -2.20. The molecule has 0 aliphatic heterocycles. The summed E-state index contributed by atoms with van der Waals surface area (Å²) in [5, 5.41) is 0. The first kappa shape index (κ1) is 18.7. The van der Waals surface area contributed by atoms with Gasteiger partial charge in [0.05, 0.1) is 11.8 Å². The molecule has 0 spiro atoms. The molecule has 0 aliphatic carbocycles. The molecule has 5 heteroatoms. The predicted octanol–water partition coefficient (Wildman–Crippen LogP) is 4.51. The number of aromatic nitrogens is 1. The highest BCUT2D eigenvalue weighted by molar-refractivity contribution is 7.09. The molecule has 0 atom stereocenters. The molecule has 1 aromatic carbocycles. The second-order valence-corrected chi connectivity index (χ2v) is 7.35. The number of ether oxygens (including phenoxy) is 1. The van der Waals surface area contributed by atoms with Gasteiger partial charge in [-0.05, 0) is 69.6 Å². The molecule has 0 aliphatic rings. The quantitative estimate of drug-likeness (QED) is 0.725. The standard InChI is InChI=1S/C19H28N2O2S/c1-5-11-21(12-6-2)13-17-18(20-19(22)24-17)15-7-9-16(10-8-15)23-14(3)4/h7-10,14H,5-6,11-13H2,1-4H3,(H,20,22). The van der Waals surface area contributed by atoms with Crippen molar-refractivity contribution in [2.45, 2.75) is 53.2 Å². The molecule has 2 aromatic rings. The van der Waals surface area contributed by atoms with E-state index in [1.807, 2.05) is 38.1 Å². The number of H-pyrrole nitrogens is 1. The van der Waals surface area contributed by atoms with E-state index < -0.39 is 0 Å². The first-order valence-corrected chi connectivity index (χ1v) is 9.56. The summed E-state index contributed by atoms with van der Waals surface area (Å²) in [6, 6.07) is 7.96. The van der Waals surface area contributed by atoms with Gasteiger partial charge in [0.1, 0.15) is 5.75 Å². The zero-order valence-corrected chi connectivity index (χ0v) is 15.9. The third kappa shape index (κ3) is 5.21. The zero-order chi connectivity index (χ0) is 17.5. The Bertz CT molecular complexity index is 667. The van der Waals surface area contributed by atoms with Gasteiger partial charge < -0.3 is 9.72 Å². The van der Waals surface area contributed by atoms with Crippen LogP contribution in [0.15, 0.2) is 29.1 Å². The van der Waals surface area contributed by atoms with Gasteiger partial charge in [-0.25, -0.2) is 0 Å². The summed E-state index contributed by atoms with van der Waals surface area (Å²) in [4.78, 5) is 18.5. The van der Waals surface area contributed by atoms with E-state index in [0.29, 0.717) is 0 Å². The van der Waals surface area contributed by atoms with Gasteiger partial charge >= 0.3 is 4.87 Å². The molecule has 1 N–H and O–H groups in total. The first-order valence-electron chi connectivity index (χ1n) is 8.74. The van der Waals surface area contributed by atoms with Gasteiger partial charge in [-0.1, -0.05) is 25.2 Å². The SMILES string of the molecule is CCCN(CCC)Cc1sc(=O)[nH]c1-c1ccc(OC(C)C)cc1. The third-order valence-electron chi connectivity index (χ3n) is 3.68. The fraction of sp³-hybridized carbons (Fsp3) is 0.526. The lowest BCUT2D eigenvalue weighted by Crippen LogP contribution is -2.24. The first-order chi connectivity index (χ1) is 11.5. The lowest BCUT2D eigenvalue weighted by molar-refractivity contribution is 0.242. The highest BCUT2D eigenvalue weighted by Crippen LogP contribution is 2.27. The molecule has 0 saturated carbocycles. The minimum atomic E-state index is 0.00968. The number of hydrogen-bond acceptors (Lipinski definition) is 4. The number of aromatic amines is 1. The molecule has 0 unspecified atom stereocenters. The van der Waals surface area contributed by atoms with E-state index in [9.17, 15) is 4.79 Å². The van der Waals surface area contributed by atoms with Crippen LogP contribution in [0.1, 0.15) is 45.4 Å². The Hall–Kier alpha value is -1.59. The van der Waals surface area contributed by atoms with Crippen LogP contribution >= 0.6 is 11.3 Å². The summed E-state index contributed by atoms with van der Waals surface area (Å²) >= 11 is 1.32. The summed E-state index contributed by atoms with van der Waals surface area (Å²) in [7, 11) is 0. The second-order valence-electron chi connectivity index (χ2n) is 6.28. The summed E-state index contributed by atoms with van der Waals surface area (Å²) in [5.41, 5.74) is 1.98. The fourth-order valence-corrected chi connectivity index (χ4v) is 3.68. The number of benzene rings is 1. The second kappa shape index (κ2) is 9.04. The average molecular weight is 349 g/mol. The highest BCUT2D eigenvalue weighted by Gasteiger charge is 2.14. The molecule has 24 heavy (non-hydrogen) atoms. The van der Waals surface area contributed by atoms with Crippen LogP contribution in [-0.2, 0) is 6.54 Å². The average Bonchev–Trinajstić information content (AvgIpc) is 2.88. The van der Waals surface area contributed by atoms with Gasteiger partial charge in [0.2, 0.25) is 0 Å². The maximum atomic E-state index is 11.9. The molecule has 0 bridgehead atoms. The Morgan fingerprint density at radius 2 is 1.75 bits per heavy atom. The van der Waals surface area contributed by atoms with Crippen molar-refractivity contribution in [3.8, 4) is 17.0 Å². The molecule has 1 heterocycles. The molecular formula is C19H28N2O2S. The van der Waals surface area contributed by atoms with Crippen LogP contribution < -0.4 is 9.61 Å². The topological polar surface area (TPSA) is 45.3 Å². The van der Waals surface area contributed by atoms with Gasteiger partial charge in [0, 0.05) is 11.4 Å². The van der Waals surface area contributed by atoms with Crippen LogP contribution in [0.2, 0.25) is 0 Å². The smallest absolute Gasteiger partial charge is 0.305 e. The van der Waals surface area contributed by atoms with E-state index in [-0.39, 0.29) is 11.0 Å². The summed E-state index contributed by atoms with van der Waals surface area (Å²) in [6.07, 6.45) is 2.40. The Kier molecular flexibility index (Phi) is 7.06. The third-order valence-corrected chi connectivity index (χ3v) is 4.55. The van der Waals surface area contributed by atoms with Gasteiger partial charge in [-0.2, -0.15) is 0 Å². The highest BCUT2D eigenvalue weighted by atomic mass is 32.1. The van der Waals surface area contributed by atoms with Crippen molar-refractivity contribution < 1.29 is 4.74 Å². The van der Waals surface area contributed by atoms with Crippen LogP contribution in [0, 0.1) is 0 Å². The number of thiazole rings is 1. The molecular weight excluding hydrogens is 320 g/mol. The van der Waals surface area contributed by atoms with E-state index in [0.717, 1.165) is 54.4 Å². The monoisotopic (exact) mass is 348 g/mol. The lowest BCUT2D eigenvalue weighted by atomic mass is 10.1. The Balaban J connectivity index is 2.22. The number of nitrogens with zero attached hydrogens (tertiary/aromatic N) is 1. The molecule has 1 aromatic heterocycles. The van der Waals surface area contributed by atoms with Crippen molar-refractivity contribution in [2.75, 3.05) is 13.1 Å². The van der Waals surface area contributed by atoms with Crippen LogP contribution in [0.4, 0.5) is 0 Å². The van der Waals surface area contributed by atoms with Gasteiger partial charge in [0.25, 0.3) is 0 Å². The number of nitrogens with one attached hydrogen (secondary N) is 1. The van der Waals surface area contributed by atoms with Gasteiger partial charge in [0.15, 0.2) is 0 Å². The van der Waals surface area contributed by atoms with Gasteiger partial charge in [-0.15, -0.1) is 0 Å². The van der Waals surface area contributed by atoms with Crippen molar-refractivity contribution in [2.24, 2.45) is 0 Å². The molecule has 4 nitrogen and oxygen atoms in total. The molecule has 0 saturated heterocycles. The van der Waals surface area contributed by atoms with E-state index in [1.165, 1.54) is 11.3 Å². The molecule has 132 valence electrons. The van der Waals surface area contributed by atoms with E-state index in [2.05, 4.69) is 23.7 Å². The van der Waals surface area contributed by atoms with E-state index >= 15 is 0 Å². The minimum absolute atomic E-state index is 0.00968. The Morgan fingerprint density at radius 1 is 1.12 bits per heavy atom. The minimum Gasteiger partial charge on any atom is -0.491 e. The van der Waals surface area contributed by atoms with Crippen LogP contribution in [0.3, 0.4) is 0 Å². The maximum absolute atomic E-state index is 11.9. The van der Waals surface area contributed by atoms with Crippen molar-refractivity contribution in [3.63, 3.8) is 0 Å². The summed E-state index contributed by atoms with van der Waals surface area (Å²) in [5.74, 6) is 0.853. The molecule has 0 amide bonds. The molecule has 0 fully saturated rings.